The van der Waals surface area contributed by atoms with Gasteiger partial charge in [-0.05, 0) is 5.92 Å². The van der Waals surface area contributed by atoms with E-state index in [4.69, 9.17) is 9.84 Å². The molecular formula is C6H12O2. The van der Waals surface area contributed by atoms with E-state index < -0.39 is 6.29 Å². The van der Waals surface area contributed by atoms with Gasteiger partial charge in [0.2, 0.25) is 0 Å². The highest BCUT2D eigenvalue weighted by Gasteiger charge is 2.28. The van der Waals surface area contributed by atoms with E-state index in [0.29, 0.717) is 18.4 Å². The van der Waals surface area contributed by atoms with Gasteiger partial charge in [0.15, 0.2) is 6.29 Å². The number of aliphatic hydroxyl groups is 1. The van der Waals surface area contributed by atoms with Gasteiger partial charge in [-0.15, -0.1) is 0 Å². The van der Waals surface area contributed by atoms with Crippen LogP contribution in [0.5, 0.6) is 0 Å². The van der Waals surface area contributed by atoms with Gasteiger partial charge in [0.25, 0.3) is 0 Å². The van der Waals surface area contributed by atoms with E-state index in [1.807, 2.05) is 6.92 Å². The minimum Gasteiger partial charge on any atom is -0.368 e. The van der Waals surface area contributed by atoms with Crippen molar-refractivity contribution in [1.82, 2.24) is 0 Å². The molecule has 1 rings (SSSR count). The lowest BCUT2D eigenvalue weighted by molar-refractivity contribution is -0.0786. The van der Waals surface area contributed by atoms with Crippen LogP contribution in [0.25, 0.3) is 0 Å². The van der Waals surface area contributed by atoms with Crippen molar-refractivity contribution in [3.8, 4) is 0 Å². The predicted octanol–water partition coefficient (Wildman–Crippen LogP) is 0.607. The number of aliphatic hydroxyl groups excluding tert-OH is 1. The second-order valence-corrected chi connectivity index (χ2v) is 2.56. The summed E-state index contributed by atoms with van der Waals surface area (Å²) in [4.78, 5) is 0. The van der Waals surface area contributed by atoms with E-state index in [2.05, 4.69) is 6.92 Å². The van der Waals surface area contributed by atoms with Crippen LogP contribution in [-0.2, 0) is 4.74 Å². The summed E-state index contributed by atoms with van der Waals surface area (Å²) in [6.45, 7) is 4.80. The van der Waals surface area contributed by atoms with Crippen molar-refractivity contribution in [2.45, 2.75) is 20.1 Å². The molecule has 8 heavy (non-hydrogen) atoms. The summed E-state index contributed by atoms with van der Waals surface area (Å²) in [5.74, 6) is 0.833. The van der Waals surface area contributed by atoms with Gasteiger partial charge in [-0.3, -0.25) is 0 Å². The van der Waals surface area contributed by atoms with Crippen LogP contribution in [0.15, 0.2) is 0 Å². The van der Waals surface area contributed by atoms with Crippen molar-refractivity contribution in [3.05, 3.63) is 0 Å². The molecule has 0 aromatic heterocycles. The van der Waals surface area contributed by atoms with Crippen LogP contribution in [0.4, 0.5) is 0 Å². The Morgan fingerprint density at radius 2 is 2.12 bits per heavy atom. The molecule has 1 aliphatic heterocycles. The lowest BCUT2D eigenvalue weighted by Gasteiger charge is -2.07. The van der Waals surface area contributed by atoms with Crippen LogP contribution in [0, 0.1) is 11.8 Å². The van der Waals surface area contributed by atoms with Crippen molar-refractivity contribution in [2.75, 3.05) is 6.61 Å². The normalized spacial score (nSPS) is 47.6. The maximum atomic E-state index is 8.95. The average Bonchev–Trinajstić information content (AvgIpc) is 1.98. The first-order chi connectivity index (χ1) is 3.72. The number of rotatable bonds is 0. The highest BCUT2D eigenvalue weighted by Crippen LogP contribution is 2.23. The molecule has 0 saturated carbocycles. The van der Waals surface area contributed by atoms with Crippen molar-refractivity contribution in [2.24, 2.45) is 11.8 Å². The molecule has 0 bridgehead atoms. The largest absolute Gasteiger partial charge is 0.368 e. The molecule has 3 atom stereocenters. The molecule has 2 heteroatoms. The third-order valence-electron chi connectivity index (χ3n) is 1.88. The first kappa shape index (κ1) is 6.05. The number of ether oxygens (including phenoxy) is 1. The highest BCUT2D eigenvalue weighted by molar-refractivity contribution is 4.69. The van der Waals surface area contributed by atoms with Gasteiger partial charge in [-0.25, -0.2) is 0 Å². The Balaban J connectivity index is 2.44. The molecule has 0 aliphatic carbocycles. The van der Waals surface area contributed by atoms with E-state index >= 15 is 0 Å². The summed E-state index contributed by atoms with van der Waals surface area (Å²) in [5.41, 5.74) is 0. The van der Waals surface area contributed by atoms with Crippen molar-refractivity contribution >= 4 is 0 Å². The Hall–Kier alpha value is -0.0800. The standard InChI is InChI=1S/C6H12O2/c1-4-3-8-6(7)5(4)2/h4-7H,3H2,1-2H3/t4-,5-,6?/m1/s1. The molecule has 0 aromatic rings. The molecule has 0 radical (unpaired) electrons. The molecule has 48 valence electrons. The maximum absolute atomic E-state index is 8.95. The fourth-order valence-corrected chi connectivity index (χ4v) is 0.835. The quantitative estimate of drug-likeness (QED) is 0.502. The minimum absolute atomic E-state index is 0.315. The van der Waals surface area contributed by atoms with Gasteiger partial charge < -0.3 is 9.84 Å². The fourth-order valence-electron chi connectivity index (χ4n) is 0.835. The van der Waals surface area contributed by atoms with E-state index in [0.717, 1.165) is 0 Å². The second-order valence-electron chi connectivity index (χ2n) is 2.56. The third-order valence-corrected chi connectivity index (χ3v) is 1.88. The Kier molecular flexibility index (Phi) is 1.54. The Morgan fingerprint density at radius 3 is 2.25 bits per heavy atom. The minimum atomic E-state index is -0.509. The highest BCUT2D eigenvalue weighted by atomic mass is 16.6. The van der Waals surface area contributed by atoms with Crippen molar-refractivity contribution in [3.63, 3.8) is 0 Å². The molecule has 1 heterocycles. The Bertz CT molecular complexity index is 72.6. The first-order valence-electron chi connectivity index (χ1n) is 3.01. The van der Waals surface area contributed by atoms with Gasteiger partial charge in [0.1, 0.15) is 0 Å². The third kappa shape index (κ3) is 0.858. The number of hydrogen-bond donors (Lipinski definition) is 1. The Morgan fingerprint density at radius 1 is 1.50 bits per heavy atom. The lowest BCUT2D eigenvalue weighted by atomic mass is 10.00. The molecule has 1 aliphatic rings. The average molecular weight is 116 g/mol. The summed E-state index contributed by atoms with van der Waals surface area (Å²) in [6.07, 6.45) is -0.509. The molecule has 1 unspecified atom stereocenters. The summed E-state index contributed by atoms with van der Waals surface area (Å²) in [5, 5.41) is 8.95. The van der Waals surface area contributed by atoms with Crippen molar-refractivity contribution in [1.29, 1.82) is 0 Å². The zero-order chi connectivity index (χ0) is 6.15. The molecule has 1 N–H and O–H groups in total. The Labute approximate surface area is 49.5 Å². The van der Waals surface area contributed by atoms with Crippen LogP contribution in [0.3, 0.4) is 0 Å². The van der Waals surface area contributed by atoms with E-state index in [1.165, 1.54) is 0 Å². The van der Waals surface area contributed by atoms with Gasteiger partial charge in [-0.1, -0.05) is 13.8 Å². The van der Waals surface area contributed by atoms with Gasteiger partial charge in [0.05, 0.1) is 6.61 Å². The molecule has 2 nitrogen and oxygen atoms in total. The van der Waals surface area contributed by atoms with Crippen LogP contribution in [-0.4, -0.2) is 18.0 Å². The van der Waals surface area contributed by atoms with E-state index in [9.17, 15) is 0 Å². The van der Waals surface area contributed by atoms with Gasteiger partial charge >= 0.3 is 0 Å². The van der Waals surface area contributed by atoms with Crippen LogP contribution in [0.2, 0.25) is 0 Å². The van der Waals surface area contributed by atoms with Crippen molar-refractivity contribution < 1.29 is 9.84 Å². The lowest BCUT2D eigenvalue weighted by Crippen LogP contribution is -2.14. The van der Waals surface area contributed by atoms with Gasteiger partial charge in [0, 0.05) is 5.92 Å². The SMILES string of the molecule is C[C@@H]1COC(O)[C@@H]1C. The molecule has 0 amide bonds. The molecule has 0 spiro atoms. The monoisotopic (exact) mass is 116 g/mol. The zero-order valence-corrected chi connectivity index (χ0v) is 5.29. The van der Waals surface area contributed by atoms with E-state index in [-0.39, 0.29) is 0 Å². The van der Waals surface area contributed by atoms with Gasteiger partial charge in [-0.2, -0.15) is 0 Å². The summed E-state index contributed by atoms with van der Waals surface area (Å²) in [7, 11) is 0. The van der Waals surface area contributed by atoms with Crippen LogP contribution in [0.1, 0.15) is 13.8 Å². The fraction of sp³-hybridized carbons (Fsp3) is 1.00. The topological polar surface area (TPSA) is 29.5 Å². The second kappa shape index (κ2) is 2.03. The molecular weight excluding hydrogens is 104 g/mol. The summed E-state index contributed by atoms with van der Waals surface area (Å²) < 4.78 is 4.93. The summed E-state index contributed by atoms with van der Waals surface area (Å²) >= 11 is 0. The van der Waals surface area contributed by atoms with E-state index in [1.54, 1.807) is 0 Å². The predicted molar refractivity (Wildman–Crippen MR) is 30.3 cm³/mol. The van der Waals surface area contributed by atoms with Crippen LogP contribution < -0.4 is 0 Å². The zero-order valence-electron chi connectivity index (χ0n) is 5.29. The first-order valence-corrected chi connectivity index (χ1v) is 3.01. The smallest absolute Gasteiger partial charge is 0.157 e. The molecule has 1 fully saturated rings. The molecule has 1 saturated heterocycles. The summed E-state index contributed by atoms with van der Waals surface area (Å²) in [6, 6.07) is 0. The number of hydrogen-bond acceptors (Lipinski definition) is 2. The van der Waals surface area contributed by atoms with Crippen LogP contribution >= 0.6 is 0 Å². The maximum Gasteiger partial charge on any atom is 0.157 e. The molecule has 0 aromatic carbocycles.